The Hall–Kier alpha value is -3.83. The first-order chi connectivity index (χ1) is 18.1. The Balaban J connectivity index is 1.45. The van der Waals surface area contributed by atoms with E-state index in [1.165, 1.54) is 26.3 Å². The van der Waals surface area contributed by atoms with Crippen LogP contribution >= 0.6 is 0 Å². The van der Waals surface area contributed by atoms with E-state index < -0.39 is 23.4 Å². The van der Waals surface area contributed by atoms with Crippen LogP contribution in [0.4, 0.5) is 4.79 Å². The number of piperidine rings is 1. The molecule has 1 saturated carbocycles. The average molecular weight is 527 g/mol. The Morgan fingerprint density at radius 1 is 1.18 bits per heavy atom. The molecule has 5 rings (SSSR count). The van der Waals surface area contributed by atoms with Crippen molar-refractivity contribution in [3.63, 3.8) is 0 Å². The first-order valence-electron chi connectivity index (χ1n) is 13.2. The average Bonchev–Trinajstić information content (AvgIpc) is 3.43. The summed E-state index contributed by atoms with van der Waals surface area (Å²) in [5, 5.41) is 27.1. The molecule has 2 aliphatic heterocycles. The van der Waals surface area contributed by atoms with Crippen LogP contribution in [0, 0.1) is 5.92 Å². The molecule has 3 amide bonds. The Morgan fingerprint density at radius 2 is 1.89 bits per heavy atom. The molecule has 0 unspecified atom stereocenters. The summed E-state index contributed by atoms with van der Waals surface area (Å²) in [6, 6.07) is 0.0166. The topological polar surface area (TPSA) is 149 Å². The molecular weight excluding hydrogens is 492 g/mol. The second kappa shape index (κ2) is 9.80. The Morgan fingerprint density at radius 3 is 2.53 bits per heavy atom. The van der Waals surface area contributed by atoms with E-state index in [0.717, 1.165) is 25.7 Å². The number of carbonyl (C=O) groups is 3. The predicted octanol–water partition coefficient (Wildman–Crippen LogP) is 1.90. The number of nitrogens with zero attached hydrogens (tertiary/aromatic N) is 5. The van der Waals surface area contributed by atoms with E-state index in [9.17, 15) is 29.4 Å². The number of aromatic nitrogens is 3. The van der Waals surface area contributed by atoms with Crippen molar-refractivity contribution in [2.75, 3.05) is 19.6 Å². The normalized spacial score (nSPS) is 19.2. The lowest BCUT2D eigenvalue weighted by Crippen LogP contribution is -2.54. The van der Waals surface area contributed by atoms with Gasteiger partial charge in [-0.1, -0.05) is 13.8 Å². The Labute approximate surface area is 219 Å². The smallest absolute Gasteiger partial charge is 0.407 e. The first kappa shape index (κ1) is 25.8. The van der Waals surface area contributed by atoms with E-state index in [0.29, 0.717) is 50.2 Å². The molecule has 2 aromatic heterocycles. The monoisotopic (exact) mass is 526 g/mol. The van der Waals surface area contributed by atoms with Crippen molar-refractivity contribution in [3.8, 4) is 5.88 Å². The van der Waals surface area contributed by atoms with E-state index in [2.05, 4.69) is 10.4 Å². The highest BCUT2D eigenvalue weighted by Crippen LogP contribution is 2.38. The van der Waals surface area contributed by atoms with Crippen molar-refractivity contribution in [1.29, 1.82) is 0 Å². The van der Waals surface area contributed by atoms with E-state index in [1.54, 1.807) is 6.08 Å². The van der Waals surface area contributed by atoms with Crippen LogP contribution in [0.3, 0.4) is 0 Å². The summed E-state index contributed by atoms with van der Waals surface area (Å²) in [5.74, 6) is -1.27. The number of likely N-dealkylation sites (tertiary alicyclic amines) is 2. The maximum Gasteiger partial charge on any atom is 0.407 e. The summed E-state index contributed by atoms with van der Waals surface area (Å²) in [6.07, 6.45) is 8.14. The molecule has 2 saturated heterocycles. The third-order valence-corrected chi connectivity index (χ3v) is 7.83. The largest absolute Gasteiger partial charge is 0.492 e. The van der Waals surface area contributed by atoms with Crippen LogP contribution in [-0.4, -0.2) is 83.3 Å². The third-order valence-electron chi connectivity index (χ3n) is 7.83. The summed E-state index contributed by atoms with van der Waals surface area (Å²) in [5.41, 5.74) is -0.525. The second-order valence-corrected chi connectivity index (χ2v) is 11.0. The van der Waals surface area contributed by atoms with E-state index in [1.807, 2.05) is 18.7 Å². The van der Waals surface area contributed by atoms with Crippen molar-refractivity contribution in [2.45, 2.75) is 70.5 Å². The van der Waals surface area contributed by atoms with Gasteiger partial charge in [-0.2, -0.15) is 9.61 Å². The molecule has 12 nitrogen and oxygen atoms in total. The lowest BCUT2D eigenvalue weighted by Gasteiger charge is -2.44. The zero-order valence-electron chi connectivity index (χ0n) is 21.7. The van der Waals surface area contributed by atoms with Gasteiger partial charge in [-0.05, 0) is 50.5 Å². The Bertz CT molecular complexity index is 1360. The summed E-state index contributed by atoms with van der Waals surface area (Å²) in [4.78, 5) is 54.1. The van der Waals surface area contributed by atoms with Crippen molar-refractivity contribution >= 4 is 29.6 Å². The number of amides is 3. The van der Waals surface area contributed by atoms with Gasteiger partial charge in [-0.15, -0.1) is 0 Å². The highest BCUT2D eigenvalue weighted by molar-refractivity contribution is 5.97. The zero-order chi connectivity index (χ0) is 27.2. The van der Waals surface area contributed by atoms with Gasteiger partial charge < -0.3 is 25.3 Å². The van der Waals surface area contributed by atoms with Crippen LogP contribution in [0.5, 0.6) is 5.88 Å². The molecule has 1 spiro atoms. The molecule has 3 aliphatic rings. The number of fused-ring (bicyclic) bond motifs is 1. The molecule has 0 bridgehead atoms. The number of hydrogen-bond acceptors (Lipinski definition) is 6. The highest BCUT2D eigenvalue weighted by Gasteiger charge is 2.45. The molecule has 3 N–H and O–H groups in total. The van der Waals surface area contributed by atoms with Crippen molar-refractivity contribution in [3.05, 3.63) is 33.8 Å². The molecule has 0 atom stereocenters. The van der Waals surface area contributed by atoms with Gasteiger partial charge in [-0.25, -0.2) is 4.79 Å². The van der Waals surface area contributed by atoms with E-state index >= 15 is 0 Å². The van der Waals surface area contributed by atoms with Gasteiger partial charge in [0.2, 0.25) is 11.8 Å². The third kappa shape index (κ3) is 4.63. The number of carbonyl (C=O) groups excluding carboxylic acids is 2. The molecule has 204 valence electrons. The Kier molecular flexibility index (Phi) is 6.66. The van der Waals surface area contributed by atoms with Crippen molar-refractivity contribution in [1.82, 2.24) is 29.3 Å². The number of aromatic hydroxyl groups is 1. The maximum absolute atomic E-state index is 13.4. The van der Waals surface area contributed by atoms with Crippen LogP contribution in [-0.2, 0) is 11.3 Å². The van der Waals surface area contributed by atoms with Crippen molar-refractivity contribution in [2.24, 2.45) is 5.92 Å². The summed E-state index contributed by atoms with van der Waals surface area (Å²) in [7, 11) is 0. The van der Waals surface area contributed by atoms with Crippen LogP contribution in [0.1, 0.15) is 68.3 Å². The number of hydrogen-bond donors (Lipinski definition) is 3. The minimum absolute atomic E-state index is 0.0166. The van der Waals surface area contributed by atoms with Crippen molar-refractivity contribution < 1.29 is 24.6 Å². The summed E-state index contributed by atoms with van der Waals surface area (Å²) < 4.78 is 2.61. The maximum atomic E-state index is 13.4. The van der Waals surface area contributed by atoms with Gasteiger partial charge in [0.1, 0.15) is 5.65 Å². The minimum atomic E-state index is -0.937. The lowest BCUT2D eigenvalue weighted by molar-refractivity contribution is -0.131. The molecule has 0 radical (unpaired) electrons. The fourth-order valence-corrected chi connectivity index (χ4v) is 5.72. The molecule has 38 heavy (non-hydrogen) atoms. The minimum Gasteiger partial charge on any atom is -0.492 e. The predicted molar refractivity (Wildman–Crippen MR) is 138 cm³/mol. The number of carboxylic acid groups (broad SMARTS) is 1. The molecule has 1 aliphatic carbocycles. The van der Waals surface area contributed by atoms with E-state index in [-0.39, 0.29) is 29.0 Å². The lowest BCUT2D eigenvalue weighted by atomic mass is 9.85. The fraction of sp³-hybridized carbons (Fsp3) is 0.577. The molecule has 12 heteroatoms. The first-order valence-corrected chi connectivity index (χ1v) is 13.2. The molecular formula is C26H34N6O6. The quantitative estimate of drug-likeness (QED) is 0.487. The van der Waals surface area contributed by atoms with Gasteiger partial charge in [-0.3, -0.25) is 19.0 Å². The SMILES string of the molecule is CC(C)Cn1c(=O)c(C(=O)NC2CC2)c(O)n2ncc(/C=C/C(=O)N3CCCC34CCN(C(=O)O)CC4)c12. The van der Waals surface area contributed by atoms with Gasteiger partial charge in [0.05, 0.1) is 6.20 Å². The molecule has 3 fully saturated rings. The van der Waals surface area contributed by atoms with Crippen LogP contribution < -0.4 is 10.9 Å². The highest BCUT2D eigenvalue weighted by atomic mass is 16.4. The van der Waals surface area contributed by atoms with Crippen LogP contribution in [0.2, 0.25) is 0 Å². The van der Waals surface area contributed by atoms with Gasteiger partial charge in [0, 0.05) is 49.4 Å². The molecule has 0 aromatic carbocycles. The standard InChI is InChI=1S/C26H34N6O6/c1-16(2)15-30-22-17(14-27-32(22)24(36)20(23(30)35)21(34)28-18-5-6-18)4-7-19(33)31-11-3-8-26(31)9-12-29(13-10-26)25(37)38/h4,7,14,16,18,36H,3,5-6,8-13,15H2,1-2H3,(H,28,34)(H,37,38)/b7-4+. The van der Waals surface area contributed by atoms with Crippen LogP contribution in [0.15, 0.2) is 17.1 Å². The zero-order valence-corrected chi connectivity index (χ0v) is 21.7. The molecule has 4 heterocycles. The van der Waals surface area contributed by atoms with Gasteiger partial charge >= 0.3 is 6.09 Å². The van der Waals surface area contributed by atoms with Crippen LogP contribution in [0.25, 0.3) is 11.7 Å². The number of nitrogens with one attached hydrogen (secondary N) is 1. The summed E-state index contributed by atoms with van der Waals surface area (Å²) in [6.45, 7) is 5.57. The molecule has 2 aromatic rings. The number of rotatable bonds is 6. The summed E-state index contributed by atoms with van der Waals surface area (Å²) >= 11 is 0. The fourth-order valence-electron chi connectivity index (χ4n) is 5.72. The van der Waals surface area contributed by atoms with Gasteiger partial charge in [0.15, 0.2) is 5.56 Å². The second-order valence-electron chi connectivity index (χ2n) is 11.0. The van der Waals surface area contributed by atoms with E-state index in [4.69, 9.17) is 0 Å². The van der Waals surface area contributed by atoms with Gasteiger partial charge in [0.25, 0.3) is 11.5 Å².